The van der Waals surface area contributed by atoms with Crippen molar-refractivity contribution in [2.45, 2.75) is 13.0 Å². The summed E-state index contributed by atoms with van der Waals surface area (Å²) >= 11 is 6.78. The van der Waals surface area contributed by atoms with Crippen LogP contribution >= 0.6 is 24.0 Å². The lowest BCUT2D eigenvalue weighted by Crippen LogP contribution is -2.30. The smallest absolute Gasteiger partial charge is 0.266 e. The Labute approximate surface area is 151 Å². The van der Waals surface area contributed by atoms with Crippen molar-refractivity contribution in [3.8, 4) is 5.75 Å². The molecule has 0 radical (unpaired) electrons. The minimum absolute atomic E-state index is 0.0443. The maximum absolute atomic E-state index is 12.8. The van der Waals surface area contributed by atoms with Crippen molar-refractivity contribution in [2.24, 2.45) is 0 Å². The number of carbonyl (C=O) groups is 1. The molecule has 0 aliphatic carbocycles. The number of carbonyl (C=O) groups excluding carboxylic acids is 1. The van der Waals surface area contributed by atoms with Crippen LogP contribution in [0, 0.1) is 0 Å². The number of benzene rings is 2. The van der Waals surface area contributed by atoms with Crippen LogP contribution in [0.4, 0.5) is 0 Å². The molecule has 122 valence electrons. The molecule has 0 saturated carbocycles. The van der Waals surface area contributed by atoms with E-state index in [1.54, 1.807) is 12.0 Å². The molecular weight excluding hydrogens is 338 g/mol. The Morgan fingerprint density at radius 3 is 2.42 bits per heavy atom. The molecule has 3 nitrogen and oxygen atoms in total. The van der Waals surface area contributed by atoms with E-state index < -0.39 is 0 Å². The van der Waals surface area contributed by atoms with Gasteiger partial charge in [0.25, 0.3) is 5.91 Å². The van der Waals surface area contributed by atoms with Crippen LogP contribution in [0.25, 0.3) is 6.08 Å². The summed E-state index contributed by atoms with van der Waals surface area (Å²) in [5.41, 5.74) is 2.02. The second kappa shape index (κ2) is 7.20. The summed E-state index contributed by atoms with van der Waals surface area (Å²) in [5.74, 6) is 0.745. The van der Waals surface area contributed by atoms with Gasteiger partial charge in [0.15, 0.2) is 0 Å². The summed E-state index contributed by atoms with van der Waals surface area (Å²) in [4.78, 5) is 15.1. The number of rotatable bonds is 4. The molecule has 3 rings (SSSR count). The summed E-state index contributed by atoms with van der Waals surface area (Å²) in [6.45, 7) is 2.00. The number of hydrogen-bond acceptors (Lipinski definition) is 4. The lowest BCUT2D eigenvalue weighted by molar-refractivity contribution is -0.123. The van der Waals surface area contributed by atoms with Crippen LogP contribution in [0.1, 0.15) is 24.1 Å². The Kier molecular flexibility index (Phi) is 5.02. The van der Waals surface area contributed by atoms with E-state index in [0.29, 0.717) is 9.23 Å². The predicted octanol–water partition coefficient (Wildman–Crippen LogP) is 4.66. The van der Waals surface area contributed by atoms with Crippen molar-refractivity contribution in [2.75, 3.05) is 7.11 Å². The fourth-order valence-corrected chi connectivity index (χ4v) is 3.96. The number of thiocarbonyl (C=S) groups is 1. The van der Waals surface area contributed by atoms with Crippen LogP contribution < -0.4 is 4.74 Å². The monoisotopic (exact) mass is 355 g/mol. The third-order valence-corrected chi connectivity index (χ3v) is 5.24. The van der Waals surface area contributed by atoms with Crippen LogP contribution in [-0.2, 0) is 4.79 Å². The van der Waals surface area contributed by atoms with Gasteiger partial charge in [-0.2, -0.15) is 0 Å². The largest absolute Gasteiger partial charge is 0.497 e. The Morgan fingerprint density at radius 1 is 1.12 bits per heavy atom. The molecule has 24 heavy (non-hydrogen) atoms. The van der Waals surface area contributed by atoms with Crippen LogP contribution in [0.3, 0.4) is 0 Å². The Hall–Kier alpha value is -2.11. The normalized spacial score (nSPS) is 17.4. The molecule has 1 heterocycles. The van der Waals surface area contributed by atoms with Crippen molar-refractivity contribution in [3.05, 3.63) is 70.6 Å². The van der Waals surface area contributed by atoms with Gasteiger partial charge in [-0.1, -0.05) is 66.4 Å². The van der Waals surface area contributed by atoms with Crippen LogP contribution in [0.15, 0.2) is 59.5 Å². The van der Waals surface area contributed by atoms with E-state index in [1.807, 2.05) is 67.6 Å². The first-order valence-corrected chi connectivity index (χ1v) is 8.78. The van der Waals surface area contributed by atoms with Crippen molar-refractivity contribution in [3.63, 3.8) is 0 Å². The maximum atomic E-state index is 12.8. The lowest BCUT2D eigenvalue weighted by Gasteiger charge is -2.23. The molecule has 1 aliphatic heterocycles. The molecule has 1 saturated heterocycles. The summed E-state index contributed by atoms with van der Waals surface area (Å²) in [6, 6.07) is 17.4. The molecule has 0 unspecified atom stereocenters. The second-order valence-corrected chi connectivity index (χ2v) is 7.09. The Balaban J connectivity index is 1.84. The molecular formula is C19H17NO2S2. The Bertz CT molecular complexity index is 785. The van der Waals surface area contributed by atoms with E-state index in [0.717, 1.165) is 16.9 Å². The minimum Gasteiger partial charge on any atom is -0.497 e. The topological polar surface area (TPSA) is 29.5 Å². The van der Waals surface area contributed by atoms with E-state index >= 15 is 0 Å². The number of amides is 1. The molecule has 0 spiro atoms. The molecule has 0 bridgehead atoms. The third kappa shape index (κ3) is 3.37. The van der Waals surface area contributed by atoms with E-state index in [4.69, 9.17) is 17.0 Å². The van der Waals surface area contributed by atoms with Crippen molar-refractivity contribution in [1.82, 2.24) is 4.90 Å². The minimum atomic E-state index is -0.0829. The van der Waals surface area contributed by atoms with E-state index in [1.165, 1.54) is 11.8 Å². The zero-order valence-electron chi connectivity index (χ0n) is 13.4. The van der Waals surface area contributed by atoms with E-state index in [-0.39, 0.29) is 11.9 Å². The first-order chi connectivity index (χ1) is 11.6. The zero-order chi connectivity index (χ0) is 17.1. The summed E-state index contributed by atoms with van der Waals surface area (Å²) in [7, 11) is 1.63. The summed E-state index contributed by atoms with van der Waals surface area (Å²) in [6.07, 6.45) is 1.87. The van der Waals surface area contributed by atoms with E-state index in [9.17, 15) is 4.79 Å². The third-order valence-electron chi connectivity index (χ3n) is 3.91. The highest BCUT2D eigenvalue weighted by molar-refractivity contribution is 8.26. The standard InChI is InChI=1S/C19H17NO2S2/c1-13(15-6-4-3-5-7-15)20-18(21)17(24-19(20)23)12-14-8-10-16(22-2)11-9-14/h3-13H,1-2H3/b17-12-/t13-/m1/s1. The predicted molar refractivity (Wildman–Crippen MR) is 103 cm³/mol. The number of methoxy groups -OCH3 is 1. The molecule has 2 aromatic carbocycles. The van der Waals surface area contributed by atoms with Crippen molar-refractivity contribution >= 4 is 40.3 Å². The number of ether oxygens (including phenoxy) is 1. The molecule has 0 aromatic heterocycles. The lowest BCUT2D eigenvalue weighted by atomic mass is 10.1. The second-order valence-electron chi connectivity index (χ2n) is 5.41. The van der Waals surface area contributed by atoms with Gasteiger partial charge in [0, 0.05) is 0 Å². The first kappa shape index (κ1) is 16.7. The Morgan fingerprint density at radius 2 is 1.79 bits per heavy atom. The molecule has 0 N–H and O–H groups in total. The summed E-state index contributed by atoms with van der Waals surface area (Å²) < 4.78 is 5.75. The average molecular weight is 355 g/mol. The maximum Gasteiger partial charge on any atom is 0.266 e. The highest BCUT2D eigenvalue weighted by atomic mass is 32.2. The van der Waals surface area contributed by atoms with Gasteiger partial charge in [0.2, 0.25) is 0 Å². The van der Waals surface area contributed by atoms with Gasteiger partial charge in [0.05, 0.1) is 18.1 Å². The van der Waals surface area contributed by atoms with Gasteiger partial charge in [0.1, 0.15) is 10.1 Å². The van der Waals surface area contributed by atoms with Crippen LogP contribution in [0.5, 0.6) is 5.75 Å². The molecule has 1 amide bonds. The summed E-state index contributed by atoms with van der Waals surface area (Å²) in [5, 5.41) is 0. The SMILES string of the molecule is COc1ccc(/C=C2\SC(=S)N([C@H](C)c3ccccc3)C2=O)cc1. The van der Waals surface area contributed by atoms with Gasteiger partial charge in [-0.25, -0.2) is 0 Å². The first-order valence-electron chi connectivity index (χ1n) is 7.56. The van der Waals surface area contributed by atoms with E-state index in [2.05, 4.69) is 0 Å². The highest BCUT2D eigenvalue weighted by Crippen LogP contribution is 2.38. The van der Waals surface area contributed by atoms with Crippen molar-refractivity contribution < 1.29 is 9.53 Å². The number of thioether (sulfide) groups is 1. The molecule has 1 fully saturated rings. The zero-order valence-corrected chi connectivity index (χ0v) is 15.1. The van der Waals surface area contributed by atoms with Gasteiger partial charge in [-0.3, -0.25) is 9.69 Å². The molecule has 1 aliphatic rings. The number of nitrogens with zero attached hydrogens (tertiary/aromatic N) is 1. The molecule has 1 atom stereocenters. The molecule has 2 aromatic rings. The van der Waals surface area contributed by atoms with Gasteiger partial charge in [-0.05, 0) is 36.3 Å². The van der Waals surface area contributed by atoms with Crippen LogP contribution in [0.2, 0.25) is 0 Å². The quantitative estimate of drug-likeness (QED) is 0.589. The fraction of sp³-hybridized carbons (Fsp3) is 0.158. The van der Waals surface area contributed by atoms with Crippen molar-refractivity contribution in [1.29, 1.82) is 0 Å². The average Bonchev–Trinajstić information content (AvgIpc) is 2.89. The van der Waals surface area contributed by atoms with Gasteiger partial charge < -0.3 is 4.74 Å². The van der Waals surface area contributed by atoms with Gasteiger partial charge >= 0.3 is 0 Å². The molecule has 5 heteroatoms. The number of hydrogen-bond donors (Lipinski definition) is 0. The van der Waals surface area contributed by atoms with Gasteiger partial charge in [-0.15, -0.1) is 0 Å². The van der Waals surface area contributed by atoms with Crippen LogP contribution in [-0.4, -0.2) is 22.2 Å². The fourth-order valence-electron chi connectivity index (χ4n) is 2.55. The highest BCUT2D eigenvalue weighted by Gasteiger charge is 2.35.